The minimum atomic E-state index is -0.175. The summed E-state index contributed by atoms with van der Waals surface area (Å²) in [6.07, 6.45) is 0. The molecule has 5 heteroatoms. The highest BCUT2D eigenvalue weighted by Crippen LogP contribution is 2.32. The highest BCUT2D eigenvalue weighted by atomic mass is 32.1. The molecule has 0 radical (unpaired) electrons. The summed E-state index contributed by atoms with van der Waals surface area (Å²) in [4.78, 5) is 9.17. The molecule has 5 rings (SSSR count). The van der Waals surface area contributed by atoms with E-state index in [0.29, 0.717) is 5.56 Å². The van der Waals surface area contributed by atoms with Crippen molar-refractivity contribution >= 4 is 27.2 Å². The van der Waals surface area contributed by atoms with Crippen LogP contribution in [0.1, 0.15) is 21.7 Å². The third-order valence-corrected chi connectivity index (χ3v) is 6.80. The minimum absolute atomic E-state index is 0.175. The van der Waals surface area contributed by atoms with Crippen molar-refractivity contribution in [3.63, 3.8) is 0 Å². The summed E-state index contributed by atoms with van der Waals surface area (Å²) in [5.41, 5.74) is 7.41. The molecule has 0 amide bonds. The maximum Gasteiger partial charge on any atom is 0.133 e. The fraction of sp³-hybridized carbons (Fsp3) is 0.269. The number of thiazole rings is 1. The lowest BCUT2D eigenvalue weighted by Gasteiger charge is -2.21. The summed E-state index contributed by atoms with van der Waals surface area (Å²) in [5.74, 6) is -0.175. The first-order valence-corrected chi connectivity index (χ1v) is 11.5. The summed E-state index contributed by atoms with van der Waals surface area (Å²) in [5, 5.41) is 1.03. The average molecular weight is 432 g/mol. The molecule has 0 spiro atoms. The second-order valence-electron chi connectivity index (χ2n) is 8.53. The van der Waals surface area contributed by atoms with Gasteiger partial charge in [-0.15, -0.1) is 11.3 Å². The molecular weight excluding hydrogens is 405 g/mol. The molecule has 158 valence electrons. The Bertz CT molecular complexity index is 1240. The Morgan fingerprint density at radius 1 is 0.935 bits per heavy atom. The Balaban J connectivity index is 1.32. The van der Waals surface area contributed by atoms with Crippen molar-refractivity contribution in [2.75, 3.05) is 24.7 Å². The molecule has 1 aliphatic heterocycles. The lowest BCUT2D eigenvalue weighted by atomic mass is 10.0. The Kier molecular flexibility index (Phi) is 5.24. The first kappa shape index (κ1) is 20.2. The van der Waals surface area contributed by atoms with Gasteiger partial charge in [0.25, 0.3) is 0 Å². The fourth-order valence-corrected chi connectivity index (χ4v) is 5.41. The smallest absolute Gasteiger partial charge is 0.133 e. The van der Waals surface area contributed by atoms with Gasteiger partial charge in [-0.05, 0) is 62.2 Å². The topological polar surface area (TPSA) is 19.4 Å². The van der Waals surface area contributed by atoms with Crippen LogP contribution >= 0.6 is 11.3 Å². The van der Waals surface area contributed by atoms with E-state index in [4.69, 9.17) is 0 Å². The lowest BCUT2D eigenvalue weighted by molar-refractivity contribution is 0.334. The van der Waals surface area contributed by atoms with Gasteiger partial charge in [-0.3, -0.25) is 4.90 Å². The van der Waals surface area contributed by atoms with E-state index >= 15 is 4.39 Å². The van der Waals surface area contributed by atoms with Crippen molar-refractivity contribution < 1.29 is 4.39 Å². The molecule has 1 aromatic heterocycles. The molecular formula is C26H26FN3S. The third kappa shape index (κ3) is 4.21. The number of aromatic nitrogens is 1. The van der Waals surface area contributed by atoms with Crippen LogP contribution in [0.3, 0.4) is 0 Å². The van der Waals surface area contributed by atoms with Crippen LogP contribution in [-0.4, -0.2) is 29.6 Å². The zero-order valence-corrected chi connectivity index (χ0v) is 19.0. The normalized spacial score (nSPS) is 14.6. The number of aryl methyl sites for hydroxylation is 3. The lowest BCUT2D eigenvalue weighted by Crippen LogP contribution is -2.25. The van der Waals surface area contributed by atoms with Crippen LogP contribution in [0.15, 0.2) is 54.6 Å². The predicted octanol–water partition coefficient (Wildman–Crippen LogP) is 6.31. The van der Waals surface area contributed by atoms with Crippen molar-refractivity contribution in [3.8, 4) is 11.1 Å². The largest absolute Gasteiger partial charge is 0.357 e. The van der Waals surface area contributed by atoms with Gasteiger partial charge >= 0.3 is 0 Å². The van der Waals surface area contributed by atoms with E-state index in [1.54, 1.807) is 17.4 Å². The molecule has 0 N–H and O–H groups in total. The van der Waals surface area contributed by atoms with E-state index in [1.807, 2.05) is 37.3 Å². The number of benzene rings is 3. The maximum atomic E-state index is 15.1. The Hall–Kier alpha value is -2.76. The number of fused-ring (bicyclic) bond motifs is 1. The van der Waals surface area contributed by atoms with Crippen LogP contribution in [0.2, 0.25) is 0 Å². The Morgan fingerprint density at radius 2 is 1.74 bits per heavy atom. The number of anilines is 1. The first-order valence-electron chi connectivity index (χ1n) is 10.7. The second kappa shape index (κ2) is 8.06. The molecule has 0 bridgehead atoms. The summed E-state index contributed by atoms with van der Waals surface area (Å²) in [6.45, 7) is 9.92. The molecule has 0 saturated carbocycles. The van der Waals surface area contributed by atoms with E-state index in [9.17, 15) is 0 Å². The van der Waals surface area contributed by atoms with Crippen molar-refractivity contribution in [2.24, 2.45) is 0 Å². The summed E-state index contributed by atoms with van der Waals surface area (Å²) < 4.78 is 16.2. The minimum Gasteiger partial charge on any atom is -0.357 e. The molecule has 31 heavy (non-hydrogen) atoms. The molecule has 0 atom stereocenters. The van der Waals surface area contributed by atoms with Gasteiger partial charge in [-0.25, -0.2) is 9.37 Å². The summed E-state index contributed by atoms with van der Waals surface area (Å²) >= 11 is 1.65. The maximum absolute atomic E-state index is 15.1. The number of nitrogens with zero attached hydrogens (tertiary/aromatic N) is 3. The van der Waals surface area contributed by atoms with Crippen molar-refractivity contribution in [1.29, 1.82) is 0 Å². The first-order chi connectivity index (χ1) is 14.9. The summed E-state index contributed by atoms with van der Waals surface area (Å²) in [6, 6.07) is 18.3. The van der Waals surface area contributed by atoms with Crippen molar-refractivity contribution in [3.05, 3.63) is 82.1 Å². The van der Waals surface area contributed by atoms with Gasteiger partial charge in [0, 0.05) is 30.9 Å². The number of hydrogen-bond acceptors (Lipinski definition) is 4. The highest BCUT2D eigenvalue weighted by molar-refractivity contribution is 7.18. The summed E-state index contributed by atoms with van der Waals surface area (Å²) in [7, 11) is 0. The van der Waals surface area contributed by atoms with Gasteiger partial charge in [0.05, 0.1) is 21.9 Å². The number of rotatable bonds is 4. The second-order valence-corrected chi connectivity index (χ2v) is 9.77. The van der Waals surface area contributed by atoms with Gasteiger partial charge in [-0.2, -0.15) is 0 Å². The van der Waals surface area contributed by atoms with Gasteiger partial charge in [0.15, 0.2) is 0 Å². The van der Waals surface area contributed by atoms with E-state index in [0.717, 1.165) is 52.8 Å². The molecule has 3 aromatic carbocycles. The van der Waals surface area contributed by atoms with Crippen LogP contribution in [0.5, 0.6) is 0 Å². The zero-order chi connectivity index (χ0) is 21.5. The van der Waals surface area contributed by atoms with Gasteiger partial charge in [0.1, 0.15) is 5.82 Å². The zero-order valence-electron chi connectivity index (χ0n) is 18.2. The third-order valence-electron chi connectivity index (χ3n) is 5.87. The highest BCUT2D eigenvalue weighted by Gasteiger charge is 2.21. The molecule has 0 unspecified atom stereocenters. The van der Waals surface area contributed by atoms with E-state index in [2.05, 4.69) is 46.8 Å². The van der Waals surface area contributed by atoms with E-state index in [1.165, 1.54) is 16.7 Å². The quantitative estimate of drug-likeness (QED) is 0.378. The molecule has 1 aliphatic rings. The fourth-order valence-electron chi connectivity index (χ4n) is 4.55. The van der Waals surface area contributed by atoms with Gasteiger partial charge in [-0.1, -0.05) is 35.4 Å². The Morgan fingerprint density at radius 3 is 2.52 bits per heavy atom. The predicted molar refractivity (Wildman–Crippen MR) is 128 cm³/mol. The van der Waals surface area contributed by atoms with Crippen LogP contribution in [0.4, 0.5) is 10.1 Å². The average Bonchev–Trinajstić information content (AvgIpc) is 3.32. The number of halogens is 1. The van der Waals surface area contributed by atoms with Crippen LogP contribution in [0.25, 0.3) is 21.3 Å². The van der Waals surface area contributed by atoms with Gasteiger partial charge < -0.3 is 4.90 Å². The van der Waals surface area contributed by atoms with Crippen LogP contribution < -0.4 is 4.90 Å². The molecule has 1 fully saturated rings. The van der Waals surface area contributed by atoms with Gasteiger partial charge in [0.2, 0.25) is 0 Å². The van der Waals surface area contributed by atoms with E-state index in [-0.39, 0.29) is 5.82 Å². The Labute approximate surface area is 186 Å². The van der Waals surface area contributed by atoms with Crippen LogP contribution in [-0.2, 0) is 6.54 Å². The standard InChI is InChI=1S/C26H26FN3S/c1-17-10-18(2)12-20(11-17)15-29-8-9-30(16-29)22-5-6-23(24(27)14-22)21-4-7-25-26(13-21)31-19(3)28-25/h4-7,10-14H,8-9,15-16H2,1-3H3. The van der Waals surface area contributed by atoms with Crippen LogP contribution in [0, 0.1) is 26.6 Å². The molecule has 3 nitrogen and oxygen atoms in total. The molecule has 2 heterocycles. The van der Waals surface area contributed by atoms with Crippen molar-refractivity contribution in [1.82, 2.24) is 9.88 Å². The molecule has 4 aromatic rings. The van der Waals surface area contributed by atoms with Crippen molar-refractivity contribution in [2.45, 2.75) is 27.3 Å². The van der Waals surface area contributed by atoms with E-state index < -0.39 is 0 Å². The molecule has 1 saturated heterocycles. The monoisotopic (exact) mass is 431 g/mol. The SMILES string of the molecule is Cc1cc(C)cc(CN2CCN(c3ccc(-c4ccc5nc(C)sc5c4)c(F)c3)C2)c1. The number of hydrogen-bond donors (Lipinski definition) is 0. The molecule has 0 aliphatic carbocycles.